The summed E-state index contributed by atoms with van der Waals surface area (Å²) in [5.41, 5.74) is 5.98. The Kier molecular flexibility index (Phi) is 4.11. The van der Waals surface area contributed by atoms with Crippen LogP contribution in [0.5, 0.6) is 0 Å². The van der Waals surface area contributed by atoms with Crippen LogP contribution in [-0.4, -0.2) is 24.8 Å². The van der Waals surface area contributed by atoms with Crippen LogP contribution in [0.1, 0.15) is 43.7 Å². The maximum absolute atomic E-state index is 13.4. The smallest absolute Gasteiger partial charge is 0.379 e. The molecule has 2 aromatic heterocycles. The Balaban J connectivity index is 1.87. The second kappa shape index (κ2) is 6.43. The van der Waals surface area contributed by atoms with Crippen LogP contribution in [0.3, 0.4) is 0 Å². The Morgan fingerprint density at radius 2 is 1.89 bits per heavy atom. The summed E-state index contributed by atoms with van der Waals surface area (Å²) in [7, 11) is -5.08. The lowest BCUT2D eigenvalue weighted by atomic mass is 9.89. The lowest BCUT2D eigenvalue weighted by Crippen LogP contribution is -2.54. The highest BCUT2D eigenvalue weighted by atomic mass is 19.4. The molecule has 0 saturated carbocycles. The van der Waals surface area contributed by atoms with Crippen molar-refractivity contribution in [3.63, 3.8) is 0 Å². The molecule has 3 nitrogen and oxygen atoms in total. The summed E-state index contributed by atoms with van der Waals surface area (Å²) in [5.74, 6) is 0. The number of hydrogen-bond acceptors (Lipinski definition) is 1. The maximum Gasteiger partial charge on any atom is 0.810 e. The number of rotatable bonds is 4. The van der Waals surface area contributed by atoms with Gasteiger partial charge in [-0.1, -0.05) is 13.3 Å². The molecule has 0 radical (unpaired) electrons. The minimum absolute atomic E-state index is 0.446. The Hall–Kier alpha value is -2.18. The van der Waals surface area contributed by atoms with Crippen LogP contribution < -0.4 is 9.38 Å². The van der Waals surface area contributed by atoms with Crippen molar-refractivity contribution in [1.82, 2.24) is 4.57 Å². The van der Waals surface area contributed by atoms with E-state index in [1.165, 1.54) is 34.7 Å². The van der Waals surface area contributed by atoms with Crippen LogP contribution >= 0.6 is 0 Å². The van der Waals surface area contributed by atoms with Crippen molar-refractivity contribution < 1.29 is 17.4 Å². The normalized spacial score (nSPS) is 16.8. The van der Waals surface area contributed by atoms with E-state index < -0.39 is 7.11 Å². The molecule has 7 heteroatoms. The average molecular weight is 387 g/mol. The fourth-order valence-electron chi connectivity index (χ4n) is 5.15. The molecule has 5 rings (SSSR count). The Labute approximate surface area is 162 Å². The van der Waals surface area contributed by atoms with Crippen LogP contribution in [0.4, 0.5) is 18.6 Å². The molecule has 0 bridgehead atoms. The van der Waals surface area contributed by atoms with Gasteiger partial charge in [0.1, 0.15) is 17.9 Å². The van der Waals surface area contributed by atoms with E-state index in [-0.39, 0.29) is 0 Å². The number of halogens is 3. The number of unbranched alkanes of at least 4 members (excludes halogenated alkanes) is 1. The monoisotopic (exact) mass is 387 g/mol. The standard InChI is InChI=1S/C21H25BF3N3/c1-2-3-11-28-19-14-27(22(23,24)25)12-8-16(19)18-13-15-6-4-9-26-10-5-7-17(20(15)26)21(18)28/h8,12-14H,2-7,9-11H2,1H3. The van der Waals surface area contributed by atoms with Gasteiger partial charge < -0.3 is 26.9 Å². The summed E-state index contributed by atoms with van der Waals surface area (Å²) in [6.45, 7) is 5.08. The van der Waals surface area contributed by atoms with Crippen LogP contribution in [0.25, 0.3) is 21.8 Å². The number of hydrogen-bond donors (Lipinski definition) is 0. The van der Waals surface area contributed by atoms with Gasteiger partial charge in [0.2, 0.25) is 0 Å². The fraction of sp³-hybridized carbons (Fsp3) is 0.476. The number of fused-ring (bicyclic) bond motifs is 4. The second-order valence-electron chi connectivity index (χ2n) is 8.19. The number of aryl methyl sites for hydroxylation is 3. The highest BCUT2D eigenvalue weighted by Gasteiger charge is 2.41. The first kappa shape index (κ1) is 17.9. The Morgan fingerprint density at radius 1 is 1.11 bits per heavy atom. The Morgan fingerprint density at radius 3 is 2.64 bits per heavy atom. The van der Waals surface area contributed by atoms with Crippen LogP contribution in [-0.2, 0) is 19.4 Å². The predicted octanol–water partition coefficient (Wildman–Crippen LogP) is 4.77. The van der Waals surface area contributed by atoms with E-state index in [0.717, 1.165) is 68.9 Å². The van der Waals surface area contributed by atoms with Gasteiger partial charge in [-0.25, -0.2) is 0 Å². The molecule has 2 aliphatic rings. The van der Waals surface area contributed by atoms with E-state index in [2.05, 4.69) is 22.5 Å². The van der Waals surface area contributed by atoms with Crippen molar-refractivity contribution in [2.75, 3.05) is 18.0 Å². The molecule has 2 aliphatic heterocycles. The molecule has 0 fully saturated rings. The van der Waals surface area contributed by atoms with Gasteiger partial charge in [0.15, 0.2) is 0 Å². The number of anilines is 1. The average Bonchev–Trinajstić information content (AvgIpc) is 2.99. The highest BCUT2D eigenvalue weighted by Crippen LogP contribution is 2.43. The van der Waals surface area contributed by atoms with Crippen molar-refractivity contribution in [3.8, 4) is 0 Å². The number of nitrogens with zero attached hydrogens (tertiary/aromatic N) is 3. The Bertz CT molecular complexity index is 1070. The zero-order valence-corrected chi connectivity index (χ0v) is 16.2. The van der Waals surface area contributed by atoms with Crippen molar-refractivity contribution in [2.24, 2.45) is 0 Å². The van der Waals surface area contributed by atoms with Crippen LogP contribution in [0, 0.1) is 0 Å². The third-order valence-corrected chi connectivity index (χ3v) is 6.38. The summed E-state index contributed by atoms with van der Waals surface area (Å²) < 4.78 is 42.9. The van der Waals surface area contributed by atoms with Gasteiger partial charge in [-0.3, -0.25) is 0 Å². The topological polar surface area (TPSA) is 12.0 Å². The van der Waals surface area contributed by atoms with E-state index in [9.17, 15) is 12.9 Å². The largest absolute Gasteiger partial charge is 0.810 e. The first-order valence-electron chi connectivity index (χ1n) is 10.5. The lowest BCUT2D eigenvalue weighted by Gasteiger charge is -2.37. The SMILES string of the molecule is CCCCn1c2c[n+]([B-](F)(F)F)ccc2c2cc3c4c(c21)CCCN4CCC3. The van der Waals surface area contributed by atoms with E-state index >= 15 is 0 Å². The molecule has 4 heterocycles. The summed E-state index contributed by atoms with van der Waals surface area (Å²) in [5, 5.41) is 2.08. The summed E-state index contributed by atoms with van der Waals surface area (Å²) in [6.07, 6.45) is 8.82. The van der Waals surface area contributed by atoms with Gasteiger partial charge in [-0.15, -0.1) is 0 Å². The van der Waals surface area contributed by atoms with Gasteiger partial charge >= 0.3 is 7.11 Å². The van der Waals surface area contributed by atoms with Gasteiger partial charge in [-0.2, -0.15) is 0 Å². The molecule has 0 unspecified atom stereocenters. The molecule has 28 heavy (non-hydrogen) atoms. The van der Waals surface area contributed by atoms with Gasteiger partial charge in [0, 0.05) is 47.7 Å². The molecule has 0 spiro atoms. The summed E-state index contributed by atoms with van der Waals surface area (Å²) in [4.78, 5) is 2.50. The van der Waals surface area contributed by atoms with Crippen molar-refractivity contribution in [3.05, 3.63) is 35.7 Å². The molecule has 0 aliphatic carbocycles. The summed E-state index contributed by atoms with van der Waals surface area (Å²) >= 11 is 0. The molecule has 3 aromatic rings. The highest BCUT2D eigenvalue weighted by molar-refractivity contribution is 6.48. The van der Waals surface area contributed by atoms with E-state index in [4.69, 9.17) is 0 Å². The lowest BCUT2D eigenvalue weighted by molar-refractivity contribution is -0.574. The zero-order valence-electron chi connectivity index (χ0n) is 16.2. The fourth-order valence-corrected chi connectivity index (χ4v) is 5.15. The first-order valence-corrected chi connectivity index (χ1v) is 10.5. The van der Waals surface area contributed by atoms with E-state index in [0.29, 0.717) is 9.99 Å². The number of benzene rings is 1. The molecule has 0 N–H and O–H groups in total. The summed E-state index contributed by atoms with van der Waals surface area (Å²) in [6, 6.07) is 3.93. The van der Waals surface area contributed by atoms with Gasteiger partial charge in [0.05, 0.1) is 5.52 Å². The number of aromatic nitrogens is 2. The maximum atomic E-state index is 13.4. The molecule has 0 amide bonds. The zero-order chi connectivity index (χ0) is 19.5. The molecule has 0 saturated heterocycles. The molecule has 1 aromatic carbocycles. The van der Waals surface area contributed by atoms with E-state index in [1.807, 2.05) is 0 Å². The van der Waals surface area contributed by atoms with Gasteiger partial charge in [-0.05, 0) is 43.7 Å². The van der Waals surface area contributed by atoms with Crippen molar-refractivity contribution in [1.29, 1.82) is 0 Å². The van der Waals surface area contributed by atoms with Gasteiger partial charge in [0.25, 0.3) is 0 Å². The third kappa shape index (κ3) is 2.62. The predicted molar refractivity (Wildman–Crippen MR) is 108 cm³/mol. The molecular formula is C21H25BF3N3. The van der Waals surface area contributed by atoms with Crippen molar-refractivity contribution in [2.45, 2.75) is 52.0 Å². The second-order valence-corrected chi connectivity index (χ2v) is 8.19. The van der Waals surface area contributed by atoms with Crippen molar-refractivity contribution >= 4 is 34.6 Å². The third-order valence-electron chi connectivity index (χ3n) is 6.38. The van der Waals surface area contributed by atoms with Crippen LogP contribution in [0.2, 0.25) is 0 Å². The molecule has 0 atom stereocenters. The first-order chi connectivity index (χ1) is 13.5. The number of pyridine rings is 1. The quantitative estimate of drug-likeness (QED) is 0.588. The molecule has 148 valence electrons. The van der Waals surface area contributed by atoms with E-state index in [1.54, 1.807) is 6.07 Å². The van der Waals surface area contributed by atoms with Crippen LogP contribution in [0.15, 0.2) is 24.5 Å². The minimum atomic E-state index is -5.08. The minimum Gasteiger partial charge on any atom is -0.379 e. The molecular weight excluding hydrogens is 362 g/mol.